The highest BCUT2D eigenvalue weighted by Gasteiger charge is 2.28. The molecular formula is C20H26N2O5. The maximum atomic E-state index is 12.1. The average molecular weight is 374 g/mol. The van der Waals surface area contributed by atoms with Gasteiger partial charge in [-0.15, -0.1) is 0 Å². The molecule has 0 aliphatic carbocycles. The van der Waals surface area contributed by atoms with E-state index in [2.05, 4.69) is 5.32 Å². The van der Waals surface area contributed by atoms with Crippen molar-refractivity contribution in [1.29, 1.82) is 0 Å². The van der Waals surface area contributed by atoms with Crippen LogP contribution >= 0.6 is 0 Å². The molecule has 0 fully saturated rings. The second-order valence-electron chi connectivity index (χ2n) is 7.20. The Morgan fingerprint density at radius 2 is 1.85 bits per heavy atom. The Labute approximate surface area is 159 Å². The first kappa shape index (κ1) is 20.5. The minimum Gasteiger partial charge on any atom is -0.459 e. The average Bonchev–Trinajstić information content (AvgIpc) is 2.59. The zero-order valence-electron chi connectivity index (χ0n) is 16.1. The summed E-state index contributed by atoms with van der Waals surface area (Å²) in [4.78, 5) is 25.5. The van der Waals surface area contributed by atoms with Gasteiger partial charge in [-0.3, -0.25) is 10.1 Å². The van der Waals surface area contributed by atoms with Crippen molar-refractivity contribution in [3.8, 4) is 0 Å². The van der Waals surface area contributed by atoms with E-state index in [9.17, 15) is 14.7 Å². The number of rotatable bonds is 5. The molecule has 0 aromatic heterocycles. The molecule has 0 saturated heterocycles. The SMILES string of the molecule is CC1=CC=C(NC(=O)OCc2ccccc2)C(O)N1CC(=O)OC(C)(C)C. The number of alkyl carbamates (subject to hydrolysis) is 1. The molecule has 1 aromatic carbocycles. The molecule has 0 saturated carbocycles. The molecule has 7 heteroatoms. The fourth-order valence-electron chi connectivity index (χ4n) is 2.46. The number of carbonyl (C=O) groups excluding carboxylic acids is 2. The van der Waals surface area contributed by atoms with E-state index in [0.717, 1.165) is 5.56 Å². The quantitative estimate of drug-likeness (QED) is 0.771. The Morgan fingerprint density at radius 1 is 1.19 bits per heavy atom. The molecule has 1 aliphatic heterocycles. The second-order valence-corrected chi connectivity index (χ2v) is 7.20. The molecule has 1 aromatic rings. The molecule has 0 radical (unpaired) electrons. The normalized spacial score (nSPS) is 16.9. The summed E-state index contributed by atoms with van der Waals surface area (Å²) in [5, 5.41) is 13.0. The molecule has 2 rings (SSSR count). The molecule has 1 amide bonds. The van der Waals surface area contributed by atoms with E-state index in [1.165, 1.54) is 4.90 Å². The van der Waals surface area contributed by atoms with Crippen LogP contribution in [0.1, 0.15) is 33.3 Å². The minimum absolute atomic E-state index is 0.118. The first-order valence-corrected chi connectivity index (χ1v) is 8.68. The van der Waals surface area contributed by atoms with Gasteiger partial charge in [-0.2, -0.15) is 0 Å². The molecule has 1 heterocycles. The Balaban J connectivity index is 1.93. The summed E-state index contributed by atoms with van der Waals surface area (Å²) in [6, 6.07) is 9.27. The lowest BCUT2D eigenvalue weighted by Gasteiger charge is -2.34. The molecule has 1 atom stereocenters. The van der Waals surface area contributed by atoms with Crippen molar-refractivity contribution in [3.05, 3.63) is 59.4 Å². The molecule has 0 spiro atoms. The lowest BCUT2D eigenvalue weighted by molar-refractivity contribution is -0.157. The number of amides is 1. The third-order valence-electron chi connectivity index (χ3n) is 3.71. The number of aliphatic hydroxyl groups excluding tert-OH is 1. The highest BCUT2D eigenvalue weighted by atomic mass is 16.6. The van der Waals surface area contributed by atoms with Crippen LogP contribution in [0.15, 0.2) is 53.9 Å². The molecule has 1 aliphatic rings. The van der Waals surface area contributed by atoms with Gasteiger partial charge in [0.05, 0.1) is 5.70 Å². The van der Waals surface area contributed by atoms with Crippen LogP contribution in [-0.2, 0) is 20.9 Å². The van der Waals surface area contributed by atoms with Crippen LogP contribution < -0.4 is 5.32 Å². The summed E-state index contributed by atoms with van der Waals surface area (Å²) < 4.78 is 10.4. The van der Waals surface area contributed by atoms with Gasteiger partial charge in [0, 0.05) is 5.70 Å². The molecule has 146 valence electrons. The highest BCUT2D eigenvalue weighted by molar-refractivity contribution is 5.73. The molecule has 27 heavy (non-hydrogen) atoms. The summed E-state index contributed by atoms with van der Waals surface area (Å²) in [6.07, 6.45) is 1.40. The van der Waals surface area contributed by atoms with Gasteiger partial charge >= 0.3 is 12.1 Å². The number of allylic oxidation sites excluding steroid dienone is 3. The van der Waals surface area contributed by atoms with E-state index in [-0.39, 0.29) is 18.8 Å². The first-order valence-electron chi connectivity index (χ1n) is 8.68. The largest absolute Gasteiger partial charge is 0.459 e. The van der Waals surface area contributed by atoms with Gasteiger partial charge < -0.3 is 19.5 Å². The predicted octanol–water partition coefficient (Wildman–Crippen LogP) is 2.68. The van der Waals surface area contributed by atoms with Crippen LogP contribution in [0.5, 0.6) is 0 Å². The van der Waals surface area contributed by atoms with Crippen molar-refractivity contribution in [1.82, 2.24) is 10.2 Å². The molecule has 1 unspecified atom stereocenters. The van der Waals surface area contributed by atoms with Crippen LogP contribution in [0.2, 0.25) is 0 Å². The van der Waals surface area contributed by atoms with E-state index in [1.54, 1.807) is 39.8 Å². The molecular weight excluding hydrogens is 348 g/mol. The van der Waals surface area contributed by atoms with E-state index in [0.29, 0.717) is 5.70 Å². The van der Waals surface area contributed by atoms with Crippen molar-refractivity contribution >= 4 is 12.1 Å². The van der Waals surface area contributed by atoms with Crippen LogP contribution in [0.25, 0.3) is 0 Å². The standard InChI is InChI=1S/C20H26N2O5/c1-14-10-11-16(18(24)22(14)12-17(23)27-20(2,3)4)21-19(25)26-13-15-8-6-5-7-9-15/h5-11,18,24H,12-13H2,1-4H3,(H,21,25). The smallest absolute Gasteiger partial charge is 0.411 e. The zero-order valence-corrected chi connectivity index (χ0v) is 16.1. The Kier molecular flexibility index (Phi) is 6.63. The maximum absolute atomic E-state index is 12.1. The third kappa shape index (κ3) is 6.45. The first-order chi connectivity index (χ1) is 12.7. The van der Waals surface area contributed by atoms with Gasteiger partial charge in [-0.05, 0) is 45.4 Å². The summed E-state index contributed by atoms with van der Waals surface area (Å²) in [5.41, 5.74) is 1.14. The number of nitrogens with one attached hydrogen (secondary N) is 1. The zero-order chi connectivity index (χ0) is 20.0. The Hall–Kier alpha value is -2.80. The van der Waals surface area contributed by atoms with E-state index < -0.39 is 23.9 Å². The van der Waals surface area contributed by atoms with Crippen molar-refractivity contribution < 1.29 is 24.2 Å². The van der Waals surface area contributed by atoms with Crippen LogP contribution in [-0.4, -0.2) is 40.4 Å². The third-order valence-corrected chi connectivity index (χ3v) is 3.71. The number of benzene rings is 1. The monoisotopic (exact) mass is 374 g/mol. The number of esters is 1. The predicted molar refractivity (Wildman–Crippen MR) is 100 cm³/mol. The highest BCUT2D eigenvalue weighted by Crippen LogP contribution is 2.19. The molecule has 2 N–H and O–H groups in total. The van der Waals surface area contributed by atoms with Crippen LogP contribution in [0.4, 0.5) is 4.79 Å². The molecule has 7 nitrogen and oxygen atoms in total. The topological polar surface area (TPSA) is 88.1 Å². The number of carbonyl (C=O) groups is 2. The Morgan fingerprint density at radius 3 is 2.48 bits per heavy atom. The number of aliphatic hydroxyl groups is 1. The summed E-state index contributed by atoms with van der Waals surface area (Å²) in [7, 11) is 0. The van der Waals surface area contributed by atoms with Gasteiger partial charge in [0.25, 0.3) is 0 Å². The lowest BCUT2D eigenvalue weighted by atomic mass is 10.2. The lowest BCUT2D eigenvalue weighted by Crippen LogP contribution is -2.46. The van der Waals surface area contributed by atoms with Crippen molar-refractivity contribution in [2.45, 2.75) is 46.1 Å². The van der Waals surface area contributed by atoms with Gasteiger partial charge in [-0.25, -0.2) is 4.79 Å². The number of hydrogen-bond donors (Lipinski definition) is 2. The van der Waals surface area contributed by atoms with E-state index in [1.807, 2.05) is 30.3 Å². The fraction of sp³-hybridized carbons (Fsp3) is 0.400. The van der Waals surface area contributed by atoms with Gasteiger partial charge in [0.2, 0.25) is 0 Å². The second kappa shape index (κ2) is 8.73. The maximum Gasteiger partial charge on any atom is 0.411 e. The minimum atomic E-state index is -1.19. The van der Waals surface area contributed by atoms with Crippen molar-refractivity contribution in [2.75, 3.05) is 6.54 Å². The van der Waals surface area contributed by atoms with Crippen molar-refractivity contribution in [2.24, 2.45) is 0 Å². The van der Waals surface area contributed by atoms with Gasteiger partial charge in [-0.1, -0.05) is 30.3 Å². The molecule has 0 bridgehead atoms. The fourth-order valence-corrected chi connectivity index (χ4v) is 2.46. The number of hydrogen-bond acceptors (Lipinski definition) is 6. The van der Waals surface area contributed by atoms with E-state index >= 15 is 0 Å². The Bertz CT molecular complexity index is 734. The summed E-state index contributed by atoms with van der Waals surface area (Å²) >= 11 is 0. The van der Waals surface area contributed by atoms with Crippen molar-refractivity contribution in [3.63, 3.8) is 0 Å². The summed E-state index contributed by atoms with van der Waals surface area (Å²) in [6.45, 7) is 7.06. The number of nitrogens with zero attached hydrogens (tertiary/aromatic N) is 1. The number of ether oxygens (including phenoxy) is 2. The summed E-state index contributed by atoms with van der Waals surface area (Å²) in [5.74, 6) is -0.470. The van der Waals surface area contributed by atoms with Crippen LogP contribution in [0, 0.1) is 0 Å². The van der Waals surface area contributed by atoms with E-state index in [4.69, 9.17) is 9.47 Å². The van der Waals surface area contributed by atoms with Crippen LogP contribution in [0.3, 0.4) is 0 Å². The van der Waals surface area contributed by atoms with Gasteiger partial charge in [0.15, 0.2) is 6.23 Å². The van der Waals surface area contributed by atoms with Gasteiger partial charge in [0.1, 0.15) is 18.8 Å².